The summed E-state index contributed by atoms with van der Waals surface area (Å²) in [5, 5.41) is 7.06. The number of hydrogen-bond donors (Lipinski definition) is 2. The molecular formula is C16H26N2. The largest absolute Gasteiger partial charge is 0.316 e. The first-order chi connectivity index (χ1) is 8.86. The summed E-state index contributed by atoms with van der Waals surface area (Å²) in [4.78, 5) is 0. The van der Waals surface area contributed by atoms with Gasteiger partial charge in [-0.2, -0.15) is 0 Å². The van der Waals surface area contributed by atoms with Crippen molar-refractivity contribution in [1.82, 2.24) is 10.6 Å². The van der Waals surface area contributed by atoms with Gasteiger partial charge in [0.1, 0.15) is 0 Å². The summed E-state index contributed by atoms with van der Waals surface area (Å²) in [5.41, 5.74) is 1.38. The summed E-state index contributed by atoms with van der Waals surface area (Å²) >= 11 is 0. The standard InChI is InChI=1S/C16H26N2/c1-14(16-8-5-10-17-13-16)9-11-18-12-15-6-3-2-4-7-15/h2-4,6-7,14,16-18H,5,8-13H2,1H3. The Balaban J connectivity index is 1.60. The average molecular weight is 246 g/mol. The summed E-state index contributed by atoms with van der Waals surface area (Å²) in [6.45, 7) is 6.97. The molecule has 0 amide bonds. The Kier molecular flexibility index (Phi) is 5.69. The maximum atomic E-state index is 3.55. The first-order valence-electron chi connectivity index (χ1n) is 7.31. The molecule has 100 valence electrons. The molecule has 2 unspecified atom stereocenters. The predicted molar refractivity (Wildman–Crippen MR) is 77.5 cm³/mol. The minimum absolute atomic E-state index is 0.834. The van der Waals surface area contributed by atoms with E-state index in [0.29, 0.717) is 0 Å². The lowest BCUT2D eigenvalue weighted by Crippen LogP contribution is -2.34. The fraction of sp³-hybridized carbons (Fsp3) is 0.625. The Hall–Kier alpha value is -0.860. The average Bonchev–Trinajstić information content (AvgIpc) is 2.45. The highest BCUT2D eigenvalue weighted by atomic mass is 14.9. The first kappa shape index (κ1) is 13.6. The number of nitrogens with one attached hydrogen (secondary N) is 2. The van der Waals surface area contributed by atoms with E-state index in [9.17, 15) is 0 Å². The van der Waals surface area contributed by atoms with Gasteiger partial charge in [-0.15, -0.1) is 0 Å². The van der Waals surface area contributed by atoms with Crippen molar-refractivity contribution in [2.24, 2.45) is 11.8 Å². The summed E-state index contributed by atoms with van der Waals surface area (Å²) in [6.07, 6.45) is 4.05. The lowest BCUT2D eigenvalue weighted by atomic mass is 9.85. The van der Waals surface area contributed by atoms with E-state index in [1.807, 2.05) is 0 Å². The zero-order valence-electron chi connectivity index (χ0n) is 11.5. The molecule has 18 heavy (non-hydrogen) atoms. The zero-order valence-corrected chi connectivity index (χ0v) is 11.5. The maximum Gasteiger partial charge on any atom is 0.0205 e. The number of rotatable bonds is 6. The topological polar surface area (TPSA) is 24.1 Å². The van der Waals surface area contributed by atoms with E-state index in [1.54, 1.807) is 0 Å². The molecule has 1 aromatic rings. The molecule has 2 heteroatoms. The molecule has 2 N–H and O–H groups in total. The van der Waals surface area contributed by atoms with Crippen molar-refractivity contribution in [1.29, 1.82) is 0 Å². The van der Waals surface area contributed by atoms with Crippen LogP contribution in [-0.2, 0) is 6.54 Å². The van der Waals surface area contributed by atoms with Gasteiger partial charge >= 0.3 is 0 Å². The van der Waals surface area contributed by atoms with Gasteiger partial charge in [0.25, 0.3) is 0 Å². The Bertz CT molecular complexity index is 317. The molecule has 1 saturated heterocycles. The molecule has 2 rings (SSSR count). The van der Waals surface area contributed by atoms with E-state index in [-0.39, 0.29) is 0 Å². The fourth-order valence-corrected chi connectivity index (χ4v) is 2.76. The van der Waals surface area contributed by atoms with Crippen LogP contribution in [0.4, 0.5) is 0 Å². The molecule has 0 saturated carbocycles. The van der Waals surface area contributed by atoms with E-state index in [0.717, 1.165) is 24.9 Å². The van der Waals surface area contributed by atoms with E-state index in [2.05, 4.69) is 47.9 Å². The third-order valence-corrected chi connectivity index (χ3v) is 4.09. The van der Waals surface area contributed by atoms with Gasteiger partial charge in [0.15, 0.2) is 0 Å². The highest BCUT2D eigenvalue weighted by molar-refractivity contribution is 5.14. The van der Waals surface area contributed by atoms with Crippen LogP contribution in [0.5, 0.6) is 0 Å². The van der Waals surface area contributed by atoms with Crippen LogP contribution < -0.4 is 10.6 Å². The second-order valence-corrected chi connectivity index (χ2v) is 5.53. The number of benzene rings is 1. The molecular weight excluding hydrogens is 220 g/mol. The van der Waals surface area contributed by atoms with E-state index >= 15 is 0 Å². The van der Waals surface area contributed by atoms with Crippen LogP contribution in [0.15, 0.2) is 30.3 Å². The molecule has 0 bridgehead atoms. The summed E-state index contributed by atoms with van der Waals surface area (Å²) in [6, 6.07) is 10.6. The molecule has 1 fully saturated rings. The smallest absolute Gasteiger partial charge is 0.0205 e. The third-order valence-electron chi connectivity index (χ3n) is 4.09. The van der Waals surface area contributed by atoms with Crippen LogP contribution in [-0.4, -0.2) is 19.6 Å². The van der Waals surface area contributed by atoms with E-state index in [4.69, 9.17) is 0 Å². The molecule has 0 aliphatic carbocycles. The second-order valence-electron chi connectivity index (χ2n) is 5.53. The predicted octanol–water partition coefficient (Wildman–Crippen LogP) is 2.80. The van der Waals surface area contributed by atoms with Gasteiger partial charge in [-0.3, -0.25) is 0 Å². The molecule has 1 heterocycles. The minimum atomic E-state index is 0.834. The zero-order chi connectivity index (χ0) is 12.6. The van der Waals surface area contributed by atoms with Crippen molar-refractivity contribution in [3.63, 3.8) is 0 Å². The molecule has 0 aromatic heterocycles. The number of piperidine rings is 1. The van der Waals surface area contributed by atoms with Crippen LogP contribution in [0.1, 0.15) is 31.7 Å². The van der Waals surface area contributed by atoms with Gasteiger partial charge in [-0.1, -0.05) is 37.3 Å². The quantitative estimate of drug-likeness (QED) is 0.754. The van der Waals surface area contributed by atoms with Crippen LogP contribution in [0, 0.1) is 11.8 Å². The maximum absolute atomic E-state index is 3.55. The Labute approximate surface area is 111 Å². The van der Waals surface area contributed by atoms with E-state index in [1.165, 1.54) is 37.9 Å². The van der Waals surface area contributed by atoms with Crippen LogP contribution in [0.3, 0.4) is 0 Å². The molecule has 1 aliphatic rings. The van der Waals surface area contributed by atoms with Gasteiger partial charge in [0, 0.05) is 6.54 Å². The van der Waals surface area contributed by atoms with Gasteiger partial charge in [0.2, 0.25) is 0 Å². The van der Waals surface area contributed by atoms with Crippen molar-refractivity contribution < 1.29 is 0 Å². The van der Waals surface area contributed by atoms with Gasteiger partial charge in [0.05, 0.1) is 0 Å². The van der Waals surface area contributed by atoms with Gasteiger partial charge in [-0.05, 0) is 56.3 Å². The molecule has 2 atom stereocenters. The second kappa shape index (κ2) is 7.55. The Morgan fingerprint density at radius 1 is 1.33 bits per heavy atom. The molecule has 1 aliphatic heterocycles. The highest BCUT2D eigenvalue weighted by Gasteiger charge is 2.18. The van der Waals surface area contributed by atoms with Crippen LogP contribution >= 0.6 is 0 Å². The molecule has 1 aromatic carbocycles. The van der Waals surface area contributed by atoms with Crippen molar-refractivity contribution in [2.75, 3.05) is 19.6 Å². The van der Waals surface area contributed by atoms with Crippen molar-refractivity contribution in [3.8, 4) is 0 Å². The van der Waals surface area contributed by atoms with Gasteiger partial charge < -0.3 is 10.6 Å². The minimum Gasteiger partial charge on any atom is -0.316 e. The monoisotopic (exact) mass is 246 g/mol. The lowest BCUT2D eigenvalue weighted by Gasteiger charge is -2.28. The van der Waals surface area contributed by atoms with Crippen LogP contribution in [0.25, 0.3) is 0 Å². The van der Waals surface area contributed by atoms with Crippen molar-refractivity contribution in [2.45, 2.75) is 32.7 Å². The molecule has 2 nitrogen and oxygen atoms in total. The highest BCUT2D eigenvalue weighted by Crippen LogP contribution is 2.21. The molecule has 0 spiro atoms. The summed E-state index contributed by atoms with van der Waals surface area (Å²) in [7, 11) is 0. The van der Waals surface area contributed by atoms with Crippen molar-refractivity contribution >= 4 is 0 Å². The first-order valence-corrected chi connectivity index (χ1v) is 7.31. The number of hydrogen-bond acceptors (Lipinski definition) is 2. The van der Waals surface area contributed by atoms with Crippen LogP contribution in [0.2, 0.25) is 0 Å². The Morgan fingerprint density at radius 2 is 2.17 bits per heavy atom. The normalized spacial score (nSPS) is 21.7. The Morgan fingerprint density at radius 3 is 2.89 bits per heavy atom. The van der Waals surface area contributed by atoms with E-state index < -0.39 is 0 Å². The lowest BCUT2D eigenvalue weighted by molar-refractivity contribution is 0.266. The summed E-state index contributed by atoms with van der Waals surface area (Å²) in [5.74, 6) is 1.72. The molecule has 0 radical (unpaired) electrons. The van der Waals surface area contributed by atoms with Gasteiger partial charge in [-0.25, -0.2) is 0 Å². The van der Waals surface area contributed by atoms with Crippen molar-refractivity contribution in [3.05, 3.63) is 35.9 Å². The third kappa shape index (κ3) is 4.43. The summed E-state index contributed by atoms with van der Waals surface area (Å²) < 4.78 is 0. The fourth-order valence-electron chi connectivity index (χ4n) is 2.76. The SMILES string of the molecule is CC(CCNCc1ccccc1)C1CCCNC1.